The van der Waals surface area contributed by atoms with Crippen molar-refractivity contribution >= 4 is 23.5 Å². The monoisotopic (exact) mass is 262 g/mol. The molecule has 19 heavy (non-hydrogen) atoms. The molecular weight excluding hydrogens is 246 g/mol. The van der Waals surface area contributed by atoms with Crippen molar-refractivity contribution in [3.8, 4) is 0 Å². The van der Waals surface area contributed by atoms with Crippen LogP contribution in [0.4, 0.5) is 4.39 Å². The molecule has 2 heterocycles. The van der Waals surface area contributed by atoms with E-state index in [2.05, 4.69) is 10.2 Å². The summed E-state index contributed by atoms with van der Waals surface area (Å²) in [7, 11) is -0.509. The van der Waals surface area contributed by atoms with E-state index >= 15 is 0 Å². The largest absolute Gasteiger partial charge is 0.495 e. The number of halogens is 1. The maximum atomic E-state index is 13.6. The number of hydrogen-bond donors (Lipinski definition) is 1. The highest BCUT2D eigenvalue weighted by Gasteiger charge is 2.52. The van der Waals surface area contributed by atoms with Crippen LogP contribution >= 0.6 is 0 Å². The number of rotatable bonds is 1. The maximum Gasteiger partial charge on any atom is 0.495 e. The lowest BCUT2D eigenvalue weighted by atomic mass is 9.77. The third-order valence-corrected chi connectivity index (χ3v) is 4.11. The fraction of sp³-hybridized carbons (Fsp3) is 0.462. The Hall–Kier alpha value is -1.40. The number of nitrogens with zero attached hydrogens (tertiary/aromatic N) is 1. The third kappa shape index (κ3) is 1.78. The smallest absolute Gasteiger partial charge is 0.399 e. The normalized spacial score (nSPS) is 21.2. The van der Waals surface area contributed by atoms with Gasteiger partial charge in [0.05, 0.1) is 17.4 Å². The van der Waals surface area contributed by atoms with E-state index in [1.165, 1.54) is 6.07 Å². The summed E-state index contributed by atoms with van der Waals surface area (Å²) in [6, 6.07) is 3.09. The molecule has 0 atom stereocenters. The van der Waals surface area contributed by atoms with Crippen LogP contribution in [0.5, 0.6) is 0 Å². The lowest BCUT2D eigenvalue weighted by molar-refractivity contribution is 0.00578. The van der Waals surface area contributed by atoms with Crippen molar-refractivity contribution in [3.63, 3.8) is 0 Å². The highest BCUT2D eigenvalue weighted by Crippen LogP contribution is 2.37. The van der Waals surface area contributed by atoms with Gasteiger partial charge in [-0.25, -0.2) is 4.39 Å². The third-order valence-electron chi connectivity index (χ3n) is 4.11. The van der Waals surface area contributed by atoms with Crippen LogP contribution in [0.1, 0.15) is 27.7 Å². The number of aromatic nitrogens is 2. The minimum atomic E-state index is -0.509. The van der Waals surface area contributed by atoms with Crippen molar-refractivity contribution in [2.75, 3.05) is 0 Å². The molecule has 1 aromatic heterocycles. The number of H-pyrrole nitrogens is 1. The Bertz CT molecular complexity index is 623. The van der Waals surface area contributed by atoms with Gasteiger partial charge in [-0.1, -0.05) is 6.07 Å². The zero-order valence-electron chi connectivity index (χ0n) is 11.5. The van der Waals surface area contributed by atoms with Gasteiger partial charge in [-0.15, -0.1) is 0 Å². The molecule has 0 radical (unpaired) electrons. The number of aromatic amines is 1. The fourth-order valence-electron chi connectivity index (χ4n) is 2.20. The Morgan fingerprint density at radius 2 is 1.79 bits per heavy atom. The number of benzene rings is 1. The van der Waals surface area contributed by atoms with Gasteiger partial charge >= 0.3 is 7.12 Å². The first-order valence-corrected chi connectivity index (χ1v) is 6.29. The summed E-state index contributed by atoms with van der Waals surface area (Å²) in [6.07, 6.45) is 1.60. The first-order chi connectivity index (χ1) is 8.82. The molecule has 0 aliphatic carbocycles. The molecule has 1 saturated heterocycles. The van der Waals surface area contributed by atoms with Crippen LogP contribution in [0.2, 0.25) is 0 Å². The highest BCUT2D eigenvalue weighted by atomic mass is 19.1. The predicted molar refractivity (Wildman–Crippen MR) is 71.8 cm³/mol. The molecule has 0 spiro atoms. The van der Waals surface area contributed by atoms with Crippen molar-refractivity contribution < 1.29 is 13.7 Å². The first kappa shape index (κ1) is 12.6. The van der Waals surface area contributed by atoms with E-state index in [9.17, 15) is 4.39 Å². The van der Waals surface area contributed by atoms with Crippen LogP contribution < -0.4 is 5.46 Å². The summed E-state index contributed by atoms with van der Waals surface area (Å²) in [5, 5.41) is 7.24. The summed E-state index contributed by atoms with van der Waals surface area (Å²) < 4.78 is 25.6. The van der Waals surface area contributed by atoms with E-state index in [0.717, 1.165) is 5.46 Å². The summed E-state index contributed by atoms with van der Waals surface area (Å²) in [5.41, 5.74) is 0.348. The van der Waals surface area contributed by atoms with Crippen molar-refractivity contribution in [2.45, 2.75) is 38.9 Å². The minimum absolute atomic E-state index is 0.326. The number of nitrogens with one attached hydrogen (secondary N) is 1. The first-order valence-electron chi connectivity index (χ1n) is 6.29. The second-order valence-electron chi connectivity index (χ2n) is 5.88. The Morgan fingerprint density at radius 1 is 1.16 bits per heavy atom. The Balaban J connectivity index is 2.08. The number of hydrogen-bond acceptors (Lipinski definition) is 3. The molecule has 0 saturated carbocycles. The van der Waals surface area contributed by atoms with E-state index in [0.29, 0.717) is 10.9 Å². The van der Waals surface area contributed by atoms with E-state index in [1.54, 1.807) is 12.3 Å². The molecule has 1 aromatic carbocycles. The van der Waals surface area contributed by atoms with Gasteiger partial charge in [-0.3, -0.25) is 5.10 Å². The van der Waals surface area contributed by atoms with E-state index in [-0.39, 0.29) is 5.82 Å². The Labute approximate surface area is 111 Å². The zero-order valence-corrected chi connectivity index (χ0v) is 11.5. The van der Waals surface area contributed by atoms with Crippen LogP contribution in [0.3, 0.4) is 0 Å². The Morgan fingerprint density at radius 3 is 2.42 bits per heavy atom. The molecule has 4 nitrogen and oxygen atoms in total. The predicted octanol–water partition coefficient (Wildman–Crippen LogP) is 2.00. The molecule has 0 bridgehead atoms. The van der Waals surface area contributed by atoms with Crippen LogP contribution in [-0.2, 0) is 9.31 Å². The SMILES string of the molecule is CC1(C)OB(c2ccc(F)c3[nH]ncc23)OC1(C)C. The average molecular weight is 262 g/mol. The van der Waals surface area contributed by atoms with Crippen molar-refractivity contribution in [2.24, 2.45) is 0 Å². The van der Waals surface area contributed by atoms with Gasteiger partial charge in [0, 0.05) is 5.39 Å². The summed E-state index contributed by atoms with van der Waals surface area (Å²) in [6.45, 7) is 7.96. The van der Waals surface area contributed by atoms with Gasteiger partial charge in [0.15, 0.2) is 0 Å². The number of fused-ring (bicyclic) bond motifs is 1. The lowest BCUT2D eigenvalue weighted by Gasteiger charge is -2.32. The van der Waals surface area contributed by atoms with Crippen LogP contribution in [-0.4, -0.2) is 28.5 Å². The summed E-state index contributed by atoms with van der Waals surface area (Å²) in [5.74, 6) is -0.326. The van der Waals surface area contributed by atoms with Crippen molar-refractivity contribution in [3.05, 3.63) is 24.1 Å². The second-order valence-corrected chi connectivity index (χ2v) is 5.88. The van der Waals surface area contributed by atoms with Gasteiger partial charge < -0.3 is 9.31 Å². The molecule has 2 aromatic rings. The van der Waals surface area contributed by atoms with Crippen LogP contribution in [0, 0.1) is 5.82 Å². The standard InChI is InChI=1S/C13H16BFN2O2/c1-12(2)13(3,4)19-14(18-12)9-5-6-10(15)11-8(9)7-16-17-11/h5-7H,1-4H3,(H,16,17). The van der Waals surface area contributed by atoms with E-state index in [4.69, 9.17) is 9.31 Å². The summed E-state index contributed by atoms with van der Waals surface area (Å²) in [4.78, 5) is 0. The molecule has 6 heteroatoms. The molecule has 1 fully saturated rings. The molecule has 3 rings (SSSR count). The van der Waals surface area contributed by atoms with Gasteiger partial charge in [-0.2, -0.15) is 5.10 Å². The topological polar surface area (TPSA) is 47.1 Å². The molecular formula is C13H16BFN2O2. The van der Waals surface area contributed by atoms with Gasteiger partial charge in [0.1, 0.15) is 11.3 Å². The van der Waals surface area contributed by atoms with Crippen LogP contribution in [0.25, 0.3) is 10.9 Å². The van der Waals surface area contributed by atoms with Crippen molar-refractivity contribution in [1.82, 2.24) is 10.2 Å². The highest BCUT2D eigenvalue weighted by molar-refractivity contribution is 6.65. The summed E-state index contributed by atoms with van der Waals surface area (Å²) >= 11 is 0. The van der Waals surface area contributed by atoms with Crippen LogP contribution in [0.15, 0.2) is 18.3 Å². The van der Waals surface area contributed by atoms with Gasteiger partial charge in [-0.05, 0) is 39.2 Å². The maximum absolute atomic E-state index is 13.6. The molecule has 1 N–H and O–H groups in total. The average Bonchev–Trinajstić information content (AvgIpc) is 2.84. The zero-order chi connectivity index (χ0) is 13.8. The lowest BCUT2D eigenvalue weighted by Crippen LogP contribution is -2.41. The quantitative estimate of drug-likeness (QED) is 0.799. The molecule has 0 amide bonds. The second kappa shape index (κ2) is 3.80. The molecule has 1 aliphatic rings. The Kier molecular flexibility index (Phi) is 2.53. The van der Waals surface area contributed by atoms with E-state index in [1.807, 2.05) is 27.7 Å². The minimum Gasteiger partial charge on any atom is -0.399 e. The molecule has 1 aliphatic heterocycles. The fourth-order valence-corrected chi connectivity index (χ4v) is 2.20. The van der Waals surface area contributed by atoms with Gasteiger partial charge in [0.25, 0.3) is 0 Å². The van der Waals surface area contributed by atoms with Gasteiger partial charge in [0.2, 0.25) is 0 Å². The van der Waals surface area contributed by atoms with Crippen molar-refractivity contribution in [1.29, 1.82) is 0 Å². The van der Waals surface area contributed by atoms with E-state index < -0.39 is 18.3 Å². The molecule has 0 unspecified atom stereocenters. The molecule has 100 valence electrons.